The maximum Gasteiger partial charge on any atom is 0.250 e. The highest BCUT2D eigenvalue weighted by Crippen LogP contribution is 2.21. The average Bonchev–Trinajstić information content (AvgIpc) is 2.76. The van der Waals surface area contributed by atoms with Crippen LogP contribution in [0.25, 0.3) is 0 Å². The molecule has 5 N–H and O–H groups in total. The van der Waals surface area contributed by atoms with Crippen molar-refractivity contribution in [2.24, 2.45) is 0 Å². The van der Waals surface area contributed by atoms with E-state index in [-0.39, 0.29) is 37.8 Å². The standard InChI is InChI=1S/C22H26N4O5/c1-15(23)16-5-7-17(8-6-16)24-20(29)9-10-22(31)26(11-12-27)19-4-2-3-18(13-19)25-21(30)14-28/h2-8,13,23,27-28H,9-12,14H2,1H3,(H,24,29)(H,25,30). The number of aliphatic hydroxyl groups is 2. The van der Waals surface area contributed by atoms with Gasteiger partial charge in [-0.1, -0.05) is 18.2 Å². The van der Waals surface area contributed by atoms with Gasteiger partial charge in [0.15, 0.2) is 0 Å². The van der Waals surface area contributed by atoms with Crippen LogP contribution in [0.1, 0.15) is 25.3 Å². The summed E-state index contributed by atoms with van der Waals surface area (Å²) in [5.74, 6) is -1.28. The molecule has 9 heteroatoms. The van der Waals surface area contributed by atoms with E-state index in [0.717, 1.165) is 5.56 Å². The molecule has 0 aliphatic carbocycles. The van der Waals surface area contributed by atoms with Gasteiger partial charge in [0, 0.05) is 42.2 Å². The molecule has 2 rings (SSSR count). The summed E-state index contributed by atoms with van der Waals surface area (Å²) in [7, 11) is 0. The normalized spacial score (nSPS) is 10.3. The third kappa shape index (κ3) is 7.32. The number of benzene rings is 2. The maximum atomic E-state index is 12.7. The Morgan fingerprint density at radius 1 is 0.935 bits per heavy atom. The monoisotopic (exact) mass is 426 g/mol. The van der Waals surface area contributed by atoms with Crippen LogP contribution in [0.5, 0.6) is 0 Å². The zero-order valence-electron chi connectivity index (χ0n) is 17.2. The number of hydrogen-bond acceptors (Lipinski definition) is 6. The van der Waals surface area contributed by atoms with Gasteiger partial charge in [-0.15, -0.1) is 0 Å². The van der Waals surface area contributed by atoms with Crippen molar-refractivity contribution >= 4 is 40.5 Å². The molecule has 0 saturated heterocycles. The summed E-state index contributed by atoms with van der Waals surface area (Å²) in [6.07, 6.45) is -0.121. The number of carbonyl (C=O) groups excluding carboxylic acids is 3. The Morgan fingerprint density at radius 3 is 2.23 bits per heavy atom. The summed E-state index contributed by atoms with van der Waals surface area (Å²) in [5, 5.41) is 31.0. The maximum absolute atomic E-state index is 12.7. The van der Waals surface area contributed by atoms with E-state index in [1.165, 1.54) is 4.90 Å². The minimum atomic E-state index is -0.664. The summed E-state index contributed by atoms with van der Waals surface area (Å²) in [5.41, 5.74) is 2.60. The number of hydrogen-bond donors (Lipinski definition) is 5. The van der Waals surface area contributed by atoms with Crippen LogP contribution in [-0.4, -0.2) is 53.4 Å². The van der Waals surface area contributed by atoms with Gasteiger partial charge in [0.2, 0.25) is 17.7 Å². The molecule has 0 spiro atoms. The number of amides is 3. The van der Waals surface area contributed by atoms with Crippen LogP contribution in [-0.2, 0) is 14.4 Å². The smallest absolute Gasteiger partial charge is 0.250 e. The van der Waals surface area contributed by atoms with Gasteiger partial charge in [-0.25, -0.2) is 0 Å². The van der Waals surface area contributed by atoms with Gasteiger partial charge in [0.05, 0.1) is 6.61 Å². The highest BCUT2D eigenvalue weighted by Gasteiger charge is 2.17. The molecule has 2 aromatic rings. The molecule has 3 amide bonds. The summed E-state index contributed by atoms with van der Waals surface area (Å²) >= 11 is 0. The van der Waals surface area contributed by atoms with E-state index >= 15 is 0 Å². The lowest BCUT2D eigenvalue weighted by Gasteiger charge is -2.22. The van der Waals surface area contributed by atoms with Crippen molar-refractivity contribution < 1.29 is 24.6 Å². The van der Waals surface area contributed by atoms with Crippen LogP contribution in [0.4, 0.5) is 17.1 Å². The molecule has 0 bridgehead atoms. The largest absolute Gasteiger partial charge is 0.395 e. The Labute approximate surface area is 180 Å². The lowest BCUT2D eigenvalue weighted by molar-refractivity contribution is -0.122. The lowest BCUT2D eigenvalue weighted by Crippen LogP contribution is -2.34. The number of nitrogens with one attached hydrogen (secondary N) is 3. The molecule has 0 aromatic heterocycles. The lowest BCUT2D eigenvalue weighted by atomic mass is 10.1. The number of rotatable bonds is 10. The van der Waals surface area contributed by atoms with Gasteiger partial charge in [0.25, 0.3) is 0 Å². The predicted octanol–water partition coefficient (Wildman–Crippen LogP) is 1.75. The quantitative estimate of drug-likeness (QED) is 0.368. The Kier molecular flexibility index (Phi) is 8.86. The van der Waals surface area contributed by atoms with Crippen molar-refractivity contribution in [3.05, 3.63) is 54.1 Å². The second-order valence-electron chi connectivity index (χ2n) is 6.78. The van der Waals surface area contributed by atoms with Crippen molar-refractivity contribution in [1.29, 1.82) is 5.41 Å². The zero-order chi connectivity index (χ0) is 22.8. The Bertz CT molecular complexity index is 943. The summed E-state index contributed by atoms with van der Waals surface area (Å²) in [6, 6.07) is 13.3. The SMILES string of the molecule is CC(=N)c1ccc(NC(=O)CCC(=O)N(CCO)c2cccc(NC(=O)CO)c2)cc1. The van der Waals surface area contributed by atoms with E-state index in [4.69, 9.17) is 10.5 Å². The van der Waals surface area contributed by atoms with Gasteiger partial charge in [-0.3, -0.25) is 14.4 Å². The first kappa shape index (κ1) is 23.7. The average molecular weight is 426 g/mol. The van der Waals surface area contributed by atoms with Crippen LogP contribution < -0.4 is 15.5 Å². The molecule has 164 valence electrons. The van der Waals surface area contributed by atoms with Gasteiger partial charge in [0.1, 0.15) is 6.61 Å². The Morgan fingerprint density at radius 2 is 1.61 bits per heavy atom. The van der Waals surface area contributed by atoms with Crippen molar-refractivity contribution in [3.63, 3.8) is 0 Å². The number of carbonyl (C=O) groups is 3. The fourth-order valence-electron chi connectivity index (χ4n) is 2.83. The molecule has 31 heavy (non-hydrogen) atoms. The summed E-state index contributed by atoms with van der Waals surface area (Å²) in [4.78, 5) is 37.6. The van der Waals surface area contributed by atoms with Crippen molar-refractivity contribution in [2.45, 2.75) is 19.8 Å². The molecule has 0 saturated carbocycles. The van der Waals surface area contributed by atoms with Crippen LogP contribution >= 0.6 is 0 Å². The molecule has 0 heterocycles. The highest BCUT2D eigenvalue weighted by atomic mass is 16.3. The number of aliphatic hydroxyl groups excluding tert-OH is 2. The Hall–Kier alpha value is -3.56. The minimum Gasteiger partial charge on any atom is -0.395 e. The third-order valence-electron chi connectivity index (χ3n) is 4.38. The van der Waals surface area contributed by atoms with E-state index in [0.29, 0.717) is 22.8 Å². The minimum absolute atomic E-state index is 0.0300. The fourth-order valence-corrected chi connectivity index (χ4v) is 2.83. The van der Waals surface area contributed by atoms with Gasteiger partial charge in [-0.05, 0) is 42.8 Å². The van der Waals surface area contributed by atoms with Gasteiger partial charge >= 0.3 is 0 Å². The van der Waals surface area contributed by atoms with Crippen molar-refractivity contribution in [3.8, 4) is 0 Å². The first-order chi connectivity index (χ1) is 14.8. The second kappa shape index (κ2) is 11.6. The molecule has 9 nitrogen and oxygen atoms in total. The Balaban J connectivity index is 1.99. The second-order valence-corrected chi connectivity index (χ2v) is 6.78. The predicted molar refractivity (Wildman–Crippen MR) is 118 cm³/mol. The first-order valence-corrected chi connectivity index (χ1v) is 9.71. The van der Waals surface area contributed by atoms with Crippen LogP contribution in [0.3, 0.4) is 0 Å². The summed E-state index contributed by atoms with van der Waals surface area (Å²) in [6.45, 7) is 0.766. The van der Waals surface area contributed by atoms with Crippen molar-refractivity contribution in [1.82, 2.24) is 0 Å². The third-order valence-corrected chi connectivity index (χ3v) is 4.38. The van der Waals surface area contributed by atoms with Crippen LogP contribution in [0, 0.1) is 5.41 Å². The molecule has 0 aliphatic heterocycles. The molecule has 0 fully saturated rings. The topological polar surface area (TPSA) is 143 Å². The molecular formula is C22H26N4O5. The van der Waals surface area contributed by atoms with Crippen molar-refractivity contribution in [2.75, 3.05) is 35.3 Å². The van der Waals surface area contributed by atoms with E-state index < -0.39 is 12.5 Å². The van der Waals surface area contributed by atoms with Crippen LogP contribution in [0.15, 0.2) is 48.5 Å². The number of nitrogens with zero attached hydrogens (tertiary/aromatic N) is 1. The van der Waals surface area contributed by atoms with Crippen LogP contribution in [0.2, 0.25) is 0 Å². The van der Waals surface area contributed by atoms with Gasteiger partial charge in [-0.2, -0.15) is 0 Å². The number of anilines is 3. The molecule has 0 unspecified atom stereocenters. The molecule has 2 aromatic carbocycles. The van der Waals surface area contributed by atoms with E-state index in [1.54, 1.807) is 55.5 Å². The van der Waals surface area contributed by atoms with E-state index in [2.05, 4.69) is 10.6 Å². The molecule has 0 atom stereocenters. The fraction of sp³-hybridized carbons (Fsp3) is 0.273. The zero-order valence-corrected chi connectivity index (χ0v) is 17.2. The van der Waals surface area contributed by atoms with E-state index in [9.17, 15) is 19.5 Å². The summed E-state index contributed by atoms with van der Waals surface area (Å²) < 4.78 is 0. The highest BCUT2D eigenvalue weighted by molar-refractivity contribution is 6.00. The molecular weight excluding hydrogens is 400 g/mol. The molecule has 0 radical (unpaired) electrons. The first-order valence-electron chi connectivity index (χ1n) is 9.71. The molecule has 0 aliphatic rings. The van der Waals surface area contributed by atoms with Gasteiger partial charge < -0.3 is 31.2 Å². The van der Waals surface area contributed by atoms with E-state index in [1.807, 2.05) is 0 Å².